The molecular formula is C15H23FN4O. The standard InChI is InChI=1S/C15H23FN4O/c1-11(20-8-3-2-4-9-20)10-18-15(21)12-6-5-7-13(16)14(12)19-17/h5-7,11,19H,2-4,8-10,17H2,1H3,(H,18,21). The Morgan fingerprint density at radius 3 is 2.76 bits per heavy atom. The number of nitrogens with two attached hydrogens (primary N) is 1. The highest BCUT2D eigenvalue weighted by Gasteiger charge is 2.19. The Morgan fingerprint density at radius 2 is 2.10 bits per heavy atom. The van der Waals surface area contributed by atoms with Crippen molar-refractivity contribution in [1.82, 2.24) is 10.2 Å². The third-order valence-electron chi connectivity index (χ3n) is 3.97. The summed E-state index contributed by atoms with van der Waals surface area (Å²) in [6.45, 7) is 4.79. The fourth-order valence-corrected chi connectivity index (χ4v) is 2.68. The number of carbonyl (C=O) groups is 1. The molecule has 1 fully saturated rings. The van der Waals surface area contributed by atoms with Crippen molar-refractivity contribution in [2.75, 3.05) is 25.1 Å². The number of hydrogen-bond acceptors (Lipinski definition) is 4. The van der Waals surface area contributed by atoms with Gasteiger partial charge in [0.25, 0.3) is 5.91 Å². The summed E-state index contributed by atoms with van der Waals surface area (Å²) in [7, 11) is 0. The first-order valence-electron chi connectivity index (χ1n) is 7.41. The highest BCUT2D eigenvalue weighted by atomic mass is 19.1. The SMILES string of the molecule is CC(CNC(=O)c1cccc(F)c1NN)N1CCCCC1. The molecule has 1 aromatic rings. The summed E-state index contributed by atoms with van der Waals surface area (Å²) in [6.07, 6.45) is 3.71. The molecule has 0 saturated carbocycles. The molecule has 1 aliphatic heterocycles. The third kappa shape index (κ3) is 3.92. The highest BCUT2D eigenvalue weighted by Crippen LogP contribution is 2.18. The second-order valence-corrected chi connectivity index (χ2v) is 5.46. The lowest BCUT2D eigenvalue weighted by atomic mass is 10.1. The number of nitrogens with zero attached hydrogens (tertiary/aromatic N) is 1. The second kappa shape index (κ2) is 7.38. The van der Waals surface area contributed by atoms with Crippen molar-refractivity contribution in [3.8, 4) is 0 Å². The zero-order chi connectivity index (χ0) is 15.2. The van der Waals surface area contributed by atoms with E-state index in [0.717, 1.165) is 13.1 Å². The molecule has 0 aromatic heterocycles. The van der Waals surface area contributed by atoms with Gasteiger partial charge in [0.15, 0.2) is 0 Å². The normalized spacial score (nSPS) is 17.3. The molecule has 1 unspecified atom stereocenters. The topological polar surface area (TPSA) is 70.4 Å². The summed E-state index contributed by atoms with van der Waals surface area (Å²) < 4.78 is 13.6. The van der Waals surface area contributed by atoms with Gasteiger partial charge in [-0.1, -0.05) is 12.5 Å². The fourth-order valence-electron chi connectivity index (χ4n) is 2.68. The molecular weight excluding hydrogens is 271 g/mol. The summed E-state index contributed by atoms with van der Waals surface area (Å²) in [5.41, 5.74) is 2.50. The molecule has 116 valence electrons. The number of piperidine rings is 1. The third-order valence-corrected chi connectivity index (χ3v) is 3.97. The van der Waals surface area contributed by atoms with Gasteiger partial charge in [-0.15, -0.1) is 0 Å². The number of benzene rings is 1. The number of para-hydroxylation sites is 1. The van der Waals surface area contributed by atoms with E-state index >= 15 is 0 Å². The molecule has 21 heavy (non-hydrogen) atoms. The van der Waals surface area contributed by atoms with E-state index in [9.17, 15) is 9.18 Å². The van der Waals surface area contributed by atoms with Gasteiger partial charge in [0.05, 0.1) is 11.3 Å². The molecule has 0 aliphatic carbocycles. The van der Waals surface area contributed by atoms with Gasteiger partial charge < -0.3 is 10.7 Å². The smallest absolute Gasteiger partial charge is 0.253 e. The van der Waals surface area contributed by atoms with Crippen LogP contribution in [-0.2, 0) is 0 Å². The Balaban J connectivity index is 1.94. The van der Waals surface area contributed by atoms with Crippen molar-refractivity contribution in [3.05, 3.63) is 29.6 Å². The quantitative estimate of drug-likeness (QED) is 0.571. The van der Waals surface area contributed by atoms with Crippen molar-refractivity contribution in [3.63, 3.8) is 0 Å². The van der Waals surface area contributed by atoms with Crippen LogP contribution in [-0.4, -0.2) is 36.5 Å². The van der Waals surface area contributed by atoms with Gasteiger partial charge in [0, 0.05) is 12.6 Å². The number of nitrogen functional groups attached to an aromatic ring is 1. The van der Waals surface area contributed by atoms with Gasteiger partial charge in [-0.05, 0) is 45.0 Å². The molecule has 0 radical (unpaired) electrons. The minimum Gasteiger partial charge on any atom is -0.350 e. The van der Waals surface area contributed by atoms with E-state index in [1.165, 1.54) is 31.4 Å². The van der Waals surface area contributed by atoms with E-state index in [1.54, 1.807) is 6.07 Å². The molecule has 1 heterocycles. The van der Waals surface area contributed by atoms with Crippen molar-refractivity contribution in [2.45, 2.75) is 32.2 Å². The zero-order valence-corrected chi connectivity index (χ0v) is 12.4. The van der Waals surface area contributed by atoms with Crippen LogP contribution in [0.4, 0.5) is 10.1 Å². The fraction of sp³-hybridized carbons (Fsp3) is 0.533. The molecule has 1 amide bonds. The van der Waals surface area contributed by atoms with Gasteiger partial charge in [-0.25, -0.2) is 4.39 Å². The van der Waals surface area contributed by atoms with Crippen molar-refractivity contribution in [1.29, 1.82) is 0 Å². The number of rotatable bonds is 5. The van der Waals surface area contributed by atoms with Crippen LogP contribution in [0.2, 0.25) is 0 Å². The second-order valence-electron chi connectivity index (χ2n) is 5.46. The monoisotopic (exact) mass is 294 g/mol. The molecule has 1 aliphatic rings. The number of hydrazine groups is 1. The summed E-state index contributed by atoms with van der Waals surface area (Å²) in [4.78, 5) is 14.5. The van der Waals surface area contributed by atoms with E-state index in [-0.39, 0.29) is 23.2 Å². The molecule has 5 nitrogen and oxygen atoms in total. The lowest BCUT2D eigenvalue weighted by Crippen LogP contribution is -2.44. The predicted octanol–water partition coefficient (Wildman–Crippen LogP) is 1.72. The summed E-state index contributed by atoms with van der Waals surface area (Å²) in [5, 5.41) is 2.86. The van der Waals surface area contributed by atoms with Crippen molar-refractivity contribution < 1.29 is 9.18 Å². The average molecular weight is 294 g/mol. The minimum absolute atomic E-state index is 0.0284. The molecule has 1 atom stereocenters. The Labute approximate surface area is 124 Å². The van der Waals surface area contributed by atoms with Gasteiger partial charge in [-0.2, -0.15) is 0 Å². The molecule has 1 saturated heterocycles. The van der Waals surface area contributed by atoms with E-state index in [0.29, 0.717) is 6.54 Å². The molecule has 4 N–H and O–H groups in total. The van der Waals surface area contributed by atoms with Crippen LogP contribution in [0.25, 0.3) is 0 Å². The van der Waals surface area contributed by atoms with Gasteiger partial charge in [-0.3, -0.25) is 15.5 Å². The number of hydrogen-bond donors (Lipinski definition) is 3. The van der Waals surface area contributed by atoms with Crippen molar-refractivity contribution >= 4 is 11.6 Å². The largest absolute Gasteiger partial charge is 0.350 e. The maximum absolute atomic E-state index is 13.6. The molecule has 0 bridgehead atoms. The van der Waals surface area contributed by atoms with Crippen LogP contribution in [0.5, 0.6) is 0 Å². The van der Waals surface area contributed by atoms with Gasteiger partial charge >= 0.3 is 0 Å². The average Bonchev–Trinajstić information content (AvgIpc) is 2.52. The number of anilines is 1. The highest BCUT2D eigenvalue weighted by molar-refractivity contribution is 5.99. The maximum atomic E-state index is 13.6. The van der Waals surface area contributed by atoms with Crippen LogP contribution in [0, 0.1) is 5.82 Å². The van der Waals surface area contributed by atoms with Gasteiger partial charge in [0.2, 0.25) is 0 Å². The number of carbonyl (C=O) groups excluding carboxylic acids is 1. The summed E-state index contributed by atoms with van der Waals surface area (Å²) in [5.74, 6) is 4.44. The number of likely N-dealkylation sites (tertiary alicyclic amines) is 1. The van der Waals surface area contributed by atoms with Crippen LogP contribution < -0.4 is 16.6 Å². The zero-order valence-electron chi connectivity index (χ0n) is 12.4. The van der Waals surface area contributed by atoms with E-state index in [4.69, 9.17) is 5.84 Å². The summed E-state index contributed by atoms with van der Waals surface area (Å²) in [6, 6.07) is 4.60. The van der Waals surface area contributed by atoms with Crippen molar-refractivity contribution in [2.24, 2.45) is 5.84 Å². The first kappa shape index (κ1) is 15.7. The van der Waals surface area contributed by atoms with E-state index in [1.807, 2.05) is 0 Å². The van der Waals surface area contributed by atoms with Crippen LogP contribution in [0.15, 0.2) is 18.2 Å². The lowest BCUT2D eigenvalue weighted by molar-refractivity contribution is 0.0930. The number of halogens is 1. The number of amides is 1. The van der Waals surface area contributed by atoms with Crippen LogP contribution >= 0.6 is 0 Å². The minimum atomic E-state index is -0.533. The van der Waals surface area contributed by atoms with Crippen LogP contribution in [0.3, 0.4) is 0 Å². The van der Waals surface area contributed by atoms with Gasteiger partial charge in [0.1, 0.15) is 5.82 Å². The number of nitrogens with one attached hydrogen (secondary N) is 2. The predicted molar refractivity (Wildman–Crippen MR) is 81.4 cm³/mol. The Hall–Kier alpha value is -1.66. The molecule has 6 heteroatoms. The van der Waals surface area contributed by atoms with E-state index < -0.39 is 5.82 Å². The summed E-state index contributed by atoms with van der Waals surface area (Å²) >= 11 is 0. The van der Waals surface area contributed by atoms with Crippen LogP contribution in [0.1, 0.15) is 36.5 Å². The maximum Gasteiger partial charge on any atom is 0.253 e. The molecule has 2 rings (SSSR count). The lowest BCUT2D eigenvalue weighted by Gasteiger charge is -2.32. The molecule has 0 spiro atoms. The Morgan fingerprint density at radius 1 is 1.38 bits per heavy atom. The molecule has 1 aromatic carbocycles. The Kier molecular flexibility index (Phi) is 5.52. The first-order valence-corrected chi connectivity index (χ1v) is 7.41. The van der Waals surface area contributed by atoms with E-state index in [2.05, 4.69) is 22.6 Å². The Bertz CT molecular complexity index is 489. The first-order chi connectivity index (χ1) is 10.1.